The summed E-state index contributed by atoms with van der Waals surface area (Å²) in [4.78, 5) is 31.0. The number of aromatic nitrogens is 2. The lowest BCUT2D eigenvalue weighted by atomic mass is 9.84. The summed E-state index contributed by atoms with van der Waals surface area (Å²) in [6, 6.07) is 16.3. The fraction of sp³-hybridized carbons (Fsp3) is 0.407. The third-order valence-electron chi connectivity index (χ3n) is 6.53. The first-order valence-corrected chi connectivity index (χ1v) is 11.8. The van der Waals surface area contributed by atoms with Crippen molar-refractivity contribution in [3.8, 4) is 17.5 Å². The molecule has 0 radical (unpaired) electrons. The van der Waals surface area contributed by atoms with Crippen LogP contribution >= 0.6 is 0 Å². The first-order valence-electron chi connectivity index (χ1n) is 11.8. The van der Waals surface area contributed by atoms with Crippen LogP contribution in [0.4, 0.5) is 0 Å². The van der Waals surface area contributed by atoms with Gasteiger partial charge in [0.05, 0.1) is 22.7 Å². The monoisotopic (exact) mass is 458 g/mol. The van der Waals surface area contributed by atoms with E-state index < -0.39 is 23.5 Å². The van der Waals surface area contributed by atoms with Gasteiger partial charge in [-0.05, 0) is 62.3 Å². The average Bonchev–Trinajstić information content (AvgIpc) is 3.22. The van der Waals surface area contributed by atoms with Gasteiger partial charge in [0.1, 0.15) is 11.9 Å². The molecule has 0 saturated heterocycles. The molecule has 4 rings (SSSR count). The second kappa shape index (κ2) is 9.68. The van der Waals surface area contributed by atoms with E-state index in [9.17, 15) is 14.9 Å². The number of fused-ring (bicyclic) bond motifs is 1. The third kappa shape index (κ3) is 4.54. The average molecular weight is 459 g/mol. The number of esters is 1. The van der Waals surface area contributed by atoms with Crippen LogP contribution in [0.3, 0.4) is 0 Å². The Morgan fingerprint density at radius 2 is 1.88 bits per heavy atom. The van der Waals surface area contributed by atoms with Crippen molar-refractivity contribution in [2.45, 2.75) is 64.0 Å². The minimum Gasteiger partial charge on any atom is -0.447 e. The van der Waals surface area contributed by atoms with Crippen molar-refractivity contribution in [1.29, 1.82) is 5.26 Å². The van der Waals surface area contributed by atoms with Gasteiger partial charge in [0.2, 0.25) is 0 Å². The number of ether oxygens (including phenoxy) is 1. The predicted octanol–water partition coefficient (Wildman–Crippen LogP) is 4.89. The Balaban J connectivity index is 1.85. The van der Waals surface area contributed by atoms with Gasteiger partial charge in [-0.1, -0.05) is 44.5 Å². The SMILES string of the molecule is CC(C)CC(C(=O)OC1(C(N)=O)CCCCC1)n1c(-c2cccc(C#N)c2)nc2ccccc21. The second-order valence-corrected chi connectivity index (χ2v) is 9.47. The summed E-state index contributed by atoms with van der Waals surface area (Å²) >= 11 is 0. The highest BCUT2D eigenvalue weighted by molar-refractivity contribution is 5.89. The number of carbonyl (C=O) groups is 2. The number of rotatable bonds is 7. The molecule has 0 aliphatic heterocycles. The molecule has 1 aromatic heterocycles. The van der Waals surface area contributed by atoms with Crippen LogP contribution < -0.4 is 5.73 Å². The van der Waals surface area contributed by atoms with Crippen LogP contribution in [-0.4, -0.2) is 27.0 Å². The van der Waals surface area contributed by atoms with Crippen molar-refractivity contribution in [2.24, 2.45) is 11.7 Å². The zero-order valence-corrected chi connectivity index (χ0v) is 19.7. The molecule has 2 N–H and O–H groups in total. The van der Waals surface area contributed by atoms with E-state index in [0.717, 1.165) is 35.9 Å². The Bertz CT molecular complexity index is 1250. The Morgan fingerprint density at radius 3 is 2.56 bits per heavy atom. The third-order valence-corrected chi connectivity index (χ3v) is 6.53. The number of amides is 1. The first kappa shape index (κ1) is 23.5. The van der Waals surface area contributed by atoms with Crippen molar-refractivity contribution < 1.29 is 14.3 Å². The number of imidazole rings is 1. The summed E-state index contributed by atoms with van der Waals surface area (Å²) in [7, 11) is 0. The maximum Gasteiger partial charge on any atom is 0.330 e. The number of primary amides is 1. The number of nitrogens with two attached hydrogens (primary N) is 1. The lowest BCUT2D eigenvalue weighted by Crippen LogP contribution is -2.50. The number of benzene rings is 2. The molecule has 7 heteroatoms. The number of para-hydroxylation sites is 2. The van der Waals surface area contributed by atoms with E-state index >= 15 is 0 Å². The highest BCUT2D eigenvalue weighted by Gasteiger charge is 2.43. The molecule has 1 heterocycles. The van der Waals surface area contributed by atoms with Crippen LogP contribution in [0.25, 0.3) is 22.4 Å². The molecular weight excluding hydrogens is 428 g/mol. The van der Waals surface area contributed by atoms with E-state index in [1.807, 2.05) is 48.7 Å². The van der Waals surface area contributed by atoms with Gasteiger partial charge in [0, 0.05) is 5.56 Å². The molecule has 0 spiro atoms. The van der Waals surface area contributed by atoms with E-state index in [-0.39, 0.29) is 5.92 Å². The molecule has 0 bridgehead atoms. The van der Waals surface area contributed by atoms with E-state index in [2.05, 4.69) is 6.07 Å². The molecule has 1 aliphatic carbocycles. The standard InChI is InChI=1S/C27H30N4O3/c1-18(2)15-23(25(32)34-27(26(29)33)13-6-3-7-14-27)31-22-12-5-4-11-21(22)30-24(31)20-10-8-9-19(16-20)17-28/h4-5,8-12,16,18,23H,3,6-7,13-15H2,1-2H3,(H2,29,33). The van der Waals surface area contributed by atoms with E-state index in [4.69, 9.17) is 15.5 Å². The predicted molar refractivity (Wildman–Crippen MR) is 129 cm³/mol. The fourth-order valence-corrected chi connectivity index (χ4v) is 4.83. The van der Waals surface area contributed by atoms with Gasteiger partial charge < -0.3 is 15.0 Å². The Morgan fingerprint density at radius 1 is 1.15 bits per heavy atom. The molecule has 1 amide bonds. The lowest BCUT2D eigenvalue weighted by Gasteiger charge is -2.35. The van der Waals surface area contributed by atoms with E-state index in [0.29, 0.717) is 30.7 Å². The van der Waals surface area contributed by atoms with Gasteiger partial charge in [0.25, 0.3) is 5.91 Å². The summed E-state index contributed by atoms with van der Waals surface area (Å²) in [5.41, 5.74) is 7.26. The molecule has 7 nitrogen and oxygen atoms in total. The number of hydrogen-bond donors (Lipinski definition) is 1. The van der Waals surface area contributed by atoms with Crippen LogP contribution in [-0.2, 0) is 14.3 Å². The highest BCUT2D eigenvalue weighted by Crippen LogP contribution is 2.36. The molecule has 1 aliphatic rings. The fourth-order valence-electron chi connectivity index (χ4n) is 4.83. The van der Waals surface area contributed by atoms with Gasteiger partial charge >= 0.3 is 5.97 Å². The summed E-state index contributed by atoms with van der Waals surface area (Å²) in [5, 5.41) is 9.40. The van der Waals surface area contributed by atoms with Gasteiger partial charge in [-0.2, -0.15) is 5.26 Å². The quantitative estimate of drug-likeness (QED) is 0.507. The molecule has 1 unspecified atom stereocenters. The van der Waals surface area contributed by atoms with Crippen molar-refractivity contribution in [1.82, 2.24) is 9.55 Å². The molecule has 34 heavy (non-hydrogen) atoms. The number of hydrogen-bond acceptors (Lipinski definition) is 5. The van der Waals surface area contributed by atoms with Crippen molar-refractivity contribution in [2.75, 3.05) is 0 Å². The zero-order chi connectivity index (χ0) is 24.3. The van der Waals surface area contributed by atoms with Crippen LogP contribution in [0.2, 0.25) is 0 Å². The molecule has 176 valence electrons. The minimum atomic E-state index is -1.26. The van der Waals surface area contributed by atoms with Gasteiger partial charge in [-0.3, -0.25) is 4.79 Å². The molecular formula is C27H30N4O3. The van der Waals surface area contributed by atoms with Crippen molar-refractivity contribution in [3.05, 3.63) is 54.1 Å². The van der Waals surface area contributed by atoms with Gasteiger partial charge in [-0.15, -0.1) is 0 Å². The number of carbonyl (C=O) groups excluding carboxylic acids is 2. The van der Waals surface area contributed by atoms with Crippen LogP contribution in [0.15, 0.2) is 48.5 Å². The summed E-state index contributed by atoms with van der Waals surface area (Å²) in [6.07, 6.45) is 3.98. The maximum atomic E-state index is 13.8. The number of nitrogens with zero attached hydrogens (tertiary/aromatic N) is 3. The largest absolute Gasteiger partial charge is 0.447 e. The van der Waals surface area contributed by atoms with Crippen LogP contribution in [0, 0.1) is 17.2 Å². The molecule has 2 aromatic carbocycles. The highest BCUT2D eigenvalue weighted by atomic mass is 16.6. The normalized spacial score (nSPS) is 16.2. The second-order valence-electron chi connectivity index (χ2n) is 9.47. The zero-order valence-electron chi connectivity index (χ0n) is 19.7. The smallest absolute Gasteiger partial charge is 0.330 e. The minimum absolute atomic E-state index is 0.174. The van der Waals surface area contributed by atoms with Crippen LogP contribution in [0.1, 0.15) is 64.0 Å². The molecule has 1 atom stereocenters. The van der Waals surface area contributed by atoms with Crippen molar-refractivity contribution in [3.63, 3.8) is 0 Å². The summed E-state index contributed by atoms with van der Waals surface area (Å²) in [5.74, 6) is -0.304. The Labute approximate surface area is 199 Å². The van der Waals surface area contributed by atoms with Gasteiger partial charge in [-0.25, -0.2) is 9.78 Å². The molecule has 1 saturated carbocycles. The van der Waals surface area contributed by atoms with Gasteiger partial charge in [0.15, 0.2) is 5.60 Å². The van der Waals surface area contributed by atoms with E-state index in [1.165, 1.54) is 0 Å². The van der Waals surface area contributed by atoms with E-state index in [1.54, 1.807) is 18.2 Å². The van der Waals surface area contributed by atoms with Crippen molar-refractivity contribution >= 4 is 22.9 Å². The summed E-state index contributed by atoms with van der Waals surface area (Å²) in [6.45, 7) is 4.08. The first-order chi connectivity index (χ1) is 16.3. The lowest BCUT2D eigenvalue weighted by molar-refractivity contribution is -0.174. The Kier molecular flexibility index (Phi) is 6.69. The van der Waals surface area contributed by atoms with Crippen LogP contribution in [0.5, 0.6) is 0 Å². The summed E-state index contributed by atoms with van der Waals surface area (Å²) < 4.78 is 7.89. The molecule has 3 aromatic rings. The maximum absolute atomic E-state index is 13.8. The Hall–Kier alpha value is -3.66. The topological polar surface area (TPSA) is 111 Å². The molecule has 1 fully saturated rings. The number of nitriles is 1.